The zero-order valence-electron chi connectivity index (χ0n) is 9.91. The molecule has 2 rings (SSSR count). The second kappa shape index (κ2) is 5.31. The van der Waals surface area contributed by atoms with Gasteiger partial charge in [-0.25, -0.2) is 0 Å². The van der Waals surface area contributed by atoms with Crippen LogP contribution in [0.3, 0.4) is 0 Å². The molecular weight excluding hydrogens is 186 g/mol. The third kappa shape index (κ3) is 2.94. The number of aliphatic hydroxyl groups excluding tert-OH is 1. The Labute approximate surface area is 93.5 Å². The van der Waals surface area contributed by atoms with E-state index in [1.54, 1.807) is 0 Å². The van der Waals surface area contributed by atoms with Gasteiger partial charge in [-0.3, -0.25) is 0 Å². The third-order valence-electron chi connectivity index (χ3n) is 4.27. The molecule has 2 fully saturated rings. The fraction of sp³-hybridized carbons (Fsp3) is 1.00. The molecule has 88 valence electrons. The lowest BCUT2D eigenvalue weighted by molar-refractivity contribution is 0.0758. The lowest BCUT2D eigenvalue weighted by Gasteiger charge is -2.37. The van der Waals surface area contributed by atoms with E-state index in [0.29, 0.717) is 12.1 Å². The molecule has 2 aliphatic carbocycles. The Bertz CT molecular complexity index is 175. The topological polar surface area (TPSA) is 32.3 Å². The van der Waals surface area contributed by atoms with Gasteiger partial charge in [0.1, 0.15) is 0 Å². The normalized spacial score (nSPS) is 42.8. The van der Waals surface area contributed by atoms with E-state index >= 15 is 0 Å². The van der Waals surface area contributed by atoms with Crippen LogP contribution in [0.25, 0.3) is 0 Å². The first-order chi connectivity index (χ1) is 7.27. The molecule has 0 aliphatic heterocycles. The molecule has 0 amide bonds. The molecule has 2 N–H and O–H groups in total. The van der Waals surface area contributed by atoms with Gasteiger partial charge >= 0.3 is 0 Å². The van der Waals surface area contributed by atoms with Crippen LogP contribution < -0.4 is 5.32 Å². The zero-order valence-corrected chi connectivity index (χ0v) is 9.91. The van der Waals surface area contributed by atoms with E-state index in [0.717, 1.165) is 12.3 Å². The van der Waals surface area contributed by atoms with Gasteiger partial charge in [0.05, 0.1) is 6.10 Å². The van der Waals surface area contributed by atoms with E-state index in [-0.39, 0.29) is 6.10 Å². The van der Waals surface area contributed by atoms with E-state index in [1.807, 2.05) is 0 Å². The van der Waals surface area contributed by atoms with Crippen LogP contribution in [-0.4, -0.2) is 23.3 Å². The summed E-state index contributed by atoms with van der Waals surface area (Å²) in [5.41, 5.74) is 0. The van der Waals surface area contributed by atoms with Gasteiger partial charge in [0, 0.05) is 12.1 Å². The fourth-order valence-electron chi connectivity index (χ4n) is 3.14. The van der Waals surface area contributed by atoms with Crippen LogP contribution in [0.4, 0.5) is 0 Å². The van der Waals surface area contributed by atoms with Crippen LogP contribution in [-0.2, 0) is 0 Å². The summed E-state index contributed by atoms with van der Waals surface area (Å²) in [4.78, 5) is 0. The number of nitrogens with one attached hydrogen (secondary N) is 1. The Morgan fingerprint density at radius 2 is 1.47 bits per heavy atom. The summed E-state index contributed by atoms with van der Waals surface area (Å²) in [7, 11) is 0. The minimum absolute atomic E-state index is 0.0899. The number of rotatable bonds is 2. The van der Waals surface area contributed by atoms with Gasteiger partial charge in [0.25, 0.3) is 0 Å². The fourth-order valence-corrected chi connectivity index (χ4v) is 3.14. The van der Waals surface area contributed by atoms with Gasteiger partial charge < -0.3 is 10.4 Å². The van der Waals surface area contributed by atoms with Crippen molar-refractivity contribution >= 4 is 0 Å². The maximum absolute atomic E-state index is 9.92. The lowest BCUT2D eigenvalue weighted by atomic mass is 9.84. The first-order valence-electron chi connectivity index (χ1n) is 6.71. The Balaban J connectivity index is 1.83. The average molecular weight is 211 g/mol. The second-order valence-electron chi connectivity index (χ2n) is 5.49. The molecule has 15 heavy (non-hydrogen) atoms. The van der Waals surface area contributed by atoms with E-state index < -0.39 is 0 Å². The van der Waals surface area contributed by atoms with Crippen LogP contribution in [0.2, 0.25) is 0 Å². The zero-order chi connectivity index (χ0) is 10.7. The van der Waals surface area contributed by atoms with Crippen LogP contribution in [0.15, 0.2) is 0 Å². The van der Waals surface area contributed by atoms with Crippen molar-refractivity contribution in [2.75, 3.05) is 0 Å². The SMILES string of the molecule is CC1CCCCC1N[C@H]1CCCC[C@@H]1O. The smallest absolute Gasteiger partial charge is 0.0693 e. The molecule has 0 spiro atoms. The molecule has 0 aromatic carbocycles. The molecular formula is C13H25NO. The van der Waals surface area contributed by atoms with Crippen molar-refractivity contribution in [3.8, 4) is 0 Å². The molecule has 0 bridgehead atoms. The summed E-state index contributed by atoms with van der Waals surface area (Å²) < 4.78 is 0. The molecule has 0 heterocycles. The highest BCUT2D eigenvalue weighted by Crippen LogP contribution is 2.26. The molecule has 0 radical (unpaired) electrons. The Morgan fingerprint density at radius 3 is 2.13 bits per heavy atom. The highest BCUT2D eigenvalue weighted by atomic mass is 16.3. The summed E-state index contributed by atoms with van der Waals surface area (Å²) in [5.74, 6) is 0.799. The summed E-state index contributed by atoms with van der Waals surface area (Å²) in [6.07, 6.45) is 10.0. The van der Waals surface area contributed by atoms with E-state index in [4.69, 9.17) is 0 Å². The maximum atomic E-state index is 9.92. The number of hydrogen-bond donors (Lipinski definition) is 2. The molecule has 0 saturated heterocycles. The van der Waals surface area contributed by atoms with E-state index in [9.17, 15) is 5.11 Å². The van der Waals surface area contributed by atoms with Gasteiger partial charge in [-0.1, -0.05) is 32.6 Å². The van der Waals surface area contributed by atoms with Crippen molar-refractivity contribution in [3.05, 3.63) is 0 Å². The quantitative estimate of drug-likeness (QED) is 0.735. The van der Waals surface area contributed by atoms with Crippen molar-refractivity contribution in [2.24, 2.45) is 5.92 Å². The van der Waals surface area contributed by atoms with Gasteiger partial charge in [0.15, 0.2) is 0 Å². The minimum atomic E-state index is -0.0899. The largest absolute Gasteiger partial charge is 0.392 e. The van der Waals surface area contributed by atoms with Gasteiger partial charge in [-0.15, -0.1) is 0 Å². The predicted octanol–water partition coefficient (Wildman–Crippen LogP) is 2.46. The lowest BCUT2D eigenvalue weighted by Crippen LogP contribution is -2.50. The molecule has 2 nitrogen and oxygen atoms in total. The second-order valence-corrected chi connectivity index (χ2v) is 5.49. The van der Waals surface area contributed by atoms with Crippen molar-refractivity contribution in [1.82, 2.24) is 5.32 Å². The Hall–Kier alpha value is -0.0800. The minimum Gasteiger partial charge on any atom is -0.392 e. The molecule has 0 aromatic heterocycles. The highest BCUT2D eigenvalue weighted by Gasteiger charge is 2.28. The molecule has 2 saturated carbocycles. The molecule has 2 unspecified atom stereocenters. The van der Waals surface area contributed by atoms with Crippen molar-refractivity contribution in [1.29, 1.82) is 0 Å². The number of aliphatic hydroxyl groups is 1. The van der Waals surface area contributed by atoms with Crippen LogP contribution in [0.1, 0.15) is 58.3 Å². The summed E-state index contributed by atoms with van der Waals surface area (Å²) in [6, 6.07) is 1.04. The van der Waals surface area contributed by atoms with Crippen LogP contribution in [0.5, 0.6) is 0 Å². The predicted molar refractivity (Wildman–Crippen MR) is 62.8 cm³/mol. The monoisotopic (exact) mass is 211 g/mol. The Morgan fingerprint density at radius 1 is 0.867 bits per heavy atom. The molecule has 2 aliphatic rings. The van der Waals surface area contributed by atoms with Gasteiger partial charge in [-0.05, 0) is 31.6 Å². The summed E-state index contributed by atoms with van der Waals surface area (Å²) in [6.45, 7) is 2.35. The Kier molecular flexibility index (Phi) is 4.04. The van der Waals surface area contributed by atoms with Crippen molar-refractivity contribution in [3.63, 3.8) is 0 Å². The standard InChI is InChI=1S/C13H25NO/c1-10-6-2-3-7-11(10)14-12-8-4-5-9-13(12)15/h10-15H,2-9H2,1H3/t10?,11?,12-,13-/m0/s1. The third-order valence-corrected chi connectivity index (χ3v) is 4.27. The number of hydrogen-bond acceptors (Lipinski definition) is 2. The summed E-state index contributed by atoms with van der Waals surface area (Å²) >= 11 is 0. The van der Waals surface area contributed by atoms with Gasteiger partial charge in [0.2, 0.25) is 0 Å². The van der Waals surface area contributed by atoms with Crippen molar-refractivity contribution in [2.45, 2.75) is 76.5 Å². The van der Waals surface area contributed by atoms with Crippen molar-refractivity contribution < 1.29 is 5.11 Å². The van der Waals surface area contributed by atoms with Gasteiger partial charge in [-0.2, -0.15) is 0 Å². The first kappa shape index (κ1) is 11.4. The average Bonchev–Trinajstić information content (AvgIpc) is 2.24. The first-order valence-corrected chi connectivity index (χ1v) is 6.71. The molecule has 2 heteroatoms. The molecule has 4 atom stereocenters. The summed E-state index contributed by atoms with van der Waals surface area (Å²) in [5, 5.41) is 13.6. The highest BCUT2D eigenvalue weighted by molar-refractivity contribution is 4.87. The maximum Gasteiger partial charge on any atom is 0.0693 e. The molecule has 0 aromatic rings. The van der Waals surface area contributed by atoms with E-state index in [2.05, 4.69) is 12.2 Å². The van der Waals surface area contributed by atoms with E-state index in [1.165, 1.54) is 44.9 Å². The van der Waals surface area contributed by atoms with Crippen LogP contribution in [0, 0.1) is 5.92 Å². The van der Waals surface area contributed by atoms with Crippen LogP contribution >= 0.6 is 0 Å².